The molecular formula is C15H25N3O2. The number of aryl methyl sites for hydroxylation is 1. The molecule has 20 heavy (non-hydrogen) atoms. The van der Waals surface area contributed by atoms with Gasteiger partial charge in [0.15, 0.2) is 0 Å². The number of methoxy groups -OCH3 is 1. The molecule has 1 rings (SSSR count). The quantitative estimate of drug-likeness (QED) is 0.832. The van der Waals surface area contributed by atoms with Gasteiger partial charge in [0, 0.05) is 32.1 Å². The second-order valence-electron chi connectivity index (χ2n) is 4.80. The number of anilines is 1. The minimum absolute atomic E-state index is 0.0134. The number of nitrogens with zero attached hydrogens (tertiary/aromatic N) is 2. The first kappa shape index (κ1) is 16.4. The van der Waals surface area contributed by atoms with E-state index in [9.17, 15) is 4.79 Å². The molecule has 5 heteroatoms. The summed E-state index contributed by atoms with van der Waals surface area (Å²) >= 11 is 0. The molecule has 1 heterocycles. The Morgan fingerprint density at radius 1 is 1.50 bits per heavy atom. The largest absolute Gasteiger partial charge is 0.385 e. The number of amides is 1. The number of hydrogen-bond donors (Lipinski definition) is 1. The molecule has 0 fully saturated rings. The third kappa shape index (κ3) is 3.93. The summed E-state index contributed by atoms with van der Waals surface area (Å²) in [6.45, 7) is 9.81. The van der Waals surface area contributed by atoms with Gasteiger partial charge in [0.1, 0.15) is 0 Å². The summed E-state index contributed by atoms with van der Waals surface area (Å²) in [6.07, 6.45) is 1.65. The molecule has 0 aliphatic carbocycles. The Morgan fingerprint density at radius 2 is 2.20 bits per heavy atom. The van der Waals surface area contributed by atoms with E-state index >= 15 is 0 Å². The van der Waals surface area contributed by atoms with Crippen LogP contribution in [0.25, 0.3) is 0 Å². The number of rotatable bonds is 7. The van der Waals surface area contributed by atoms with Crippen LogP contribution in [0.4, 0.5) is 5.69 Å². The molecule has 0 aromatic carbocycles. The molecule has 1 amide bonds. The van der Waals surface area contributed by atoms with Crippen LogP contribution >= 0.6 is 0 Å². The molecule has 1 aromatic rings. The Morgan fingerprint density at radius 3 is 2.75 bits per heavy atom. The van der Waals surface area contributed by atoms with E-state index in [0.29, 0.717) is 18.7 Å². The van der Waals surface area contributed by atoms with E-state index in [1.54, 1.807) is 18.2 Å². The standard InChI is InChI=1S/C15H25N3O2/c1-6-16-14-8-11(3)17-9-13(14)15(19)18(7-2)12(4)10-20-5/h8-9,12H,6-7,10H2,1-5H3,(H,16,17). The van der Waals surface area contributed by atoms with Gasteiger partial charge in [-0.25, -0.2) is 0 Å². The van der Waals surface area contributed by atoms with E-state index in [2.05, 4.69) is 10.3 Å². The molecule has 0 bridgehead atoms. The average Bonchev–Trinajstić information content (AvgIpc) is 2.40. The minimum atomic E-state index is -0.0134. The lowest BCUT2D eigenvalue weighted by molar-refractivity contribution is 0.0580. The summed E-state index contributed by atoms with van der Waals surface area (Å²) in [4.78, 5) is 18.7. The van der Waals surface area contributed by atoms with E-state index in [0.717, 1.165) is 17.9 Å². The normalized spacial score (nSPS) is 12.1. The zero-order chi connectivity index (χ0) is 15.1. The van der Waals surface area contributed by atoms with Crippen LogP contribution in [0.15, 0.2) is 12.3 Å². The highest BCUT2D eigenvalue weighted by Gasteiger charge is 2.22. The number of pyridine rings is 1. The molecule has 1 N–H and O–H groups in total. The van der Waals surface area contributed by atoms with Crippen molar-refractivity contribution < 1.29 is 9.53 Å². The predicted octanol–water partition coefficient (Wildman–Crippen LogP) is 2.32. The van der Waals surface area contributed by atoms with Crippen molar-refractivity contribution in [1.82, 2.24) is 9.88 Å². The van der Waals surface area contributed by atoms with Crippen molar-refractivity contribution in [3.05, 3.63) is 23.5 Å². The summed E-state index contributed by atoms with van der Waals surface area (Å²) in [6, 6.07) is 1.94. The predicted molar refractivity (Wildman–Crippen MR) is 81.2 cm³/mol. The maximum atomic E-state index is 12.7. The van der Waals surface area contributed by atoms with E-state index in [1.807, 2.05) is 33.8 Å². The Labute approximate surface area is 121 Å². The van der Waals surface area contributed by atoms with Crippen molar-refractivity contribution in [1.29, 1.82) is 0 Å². The van der Waals surface area contributed by atoms with Crippen LogP contribution < -0.4 is 5.32 Å². The first-order valence-electron chi connectivity index (χ1n) is 7.05. The van der Waals surface area contributed by atoms with Crippen molar-refractivity contribution >= 4 is 11.6 Å². The van der Waals surface area contributed by atoms with Crippen LogP contribution in [0.3, 0.4) is 0 Å². The Hall–Kier alpha value is -1.62. The fraction of sp³-hybridized carbons (Fsp3) is 0.600. The highest BCUT2D eigenvalue weighted by Crippen LogP contribution is 2.19. The Balaban J connectivity index is 3.05. The first-order chi connectivity index (χ1) is 9.54. The SMILES string of the molecule is CCNc1cc(C)ncc1C(=O)N(CC)C(C)COC. The van der Waals surface area contributed by atoms with Gasteiger partial charge in [0.25, 0.3) is 5.91 Å². The van der Waals surface area contributed by atoms with Gasteiger partial charge in [-0.2, -0.15) is 0 Å². The number of carbonyl (C=O) groups excluding carboxylic acids is 1. The topological polar surface area (TPSA) is 54.5 Å². The lowest BCUT2D eigenvalue weighted by Crippen LogP contribution is -2.41. The van der Waals surface area contributed by atoms with Gasteiger partial charge in [-0.1, -0.05) is 0 Å². The van der Waals surface area contributed by atoms with Gasteiger partial charge in [-0.05, 0) is 33.8 Å². The fourth-order valence-corrected chi connectivity index (χ4v) is 2.21. The van der Waals surface area contributed by atoms with Gasteiger partial charge in [-0.15, -0.1) is 0 Å². The Kier molecular flexibility index (Phi) is 6.45. The van der Waals surface area contributed by atoms with E-state index in [1.165, 1.54) is 0 Å². The smallest absolute Gasteiger partial charge is 0.257 e. The van der Waals surface area contributed by atoms with Crippen LogP contribution in [0.1, 0.15) is 36.8 Å². The second kappa shape index (κ2) is 7.85. The number of ether oxygens (including phenoxy) is 1. The van der Waals surface area contributed by atoms with Crippen LogP contribution in [0.5, 0.6) is 0 Å². The van der Waals surface area contributed by atoms with Gasteiger partial charge in [0.2, 0.25) is 0 Å². The monoisotopic (exact) mass is 279 g/mol. The van der Waals surface area contributed by atoms with Crippen LogP contribution in [0, 0.1) is 6.92 Å². The zero-order valence-corrected chi connectivity index (χ0v) is 13.1. The number of likely N-dealkylation sites (N-methyl/N-ethyl adjacent to an activating group) is 1. The van der Waals surface area contributed by atoms with Crippen molar-refractivity contribution in [2.45, 2.75) is 33.7 Å². The van der Waals surface area contributed by atoms with Crippen molar-refractivity contribution in [2.75, 3.05) is 32.1 Å². The second-order valence-corrected chi connectivity index (χ2v) is 4.80. The van der Waals surface area contributed by atoms with E-state index < -0.39 is 0 Å². The van der Waals surface area contributed by atoms with Gasteiger partial charge < -0.3 is 15.0 Å². The average molecular weight is 279 g/mol. The van der Waals surface area contributed by atoms with Crippen molar-refractivity contribution in [2.24, 2.45) is 0 Å². The highest BCUT2D eigenvalue weighted by atomic mass is 16.5. The fourth-order valence-electron chi connectivity index (χ4n) is 2.21. The molecule has 1 aromatic heterocycles. The maximum Gasteiger partial charge on any atom is 0.257 e. The molecule has 112 valence electrons. The zero-order valence-electron chi connectivity index (χ0n) is 13.1. The van der Waals surface area contributed by atoms with Gasteiger partial charge in [-0.3, -0.25) is 9.78 Å². The number of carbonyl (C=O) groups is 1. The molecule has 0 radical (unpaired) electrons. The molecule has 0 saturated carbocycles. The van der Waals surface area contributed by atoms with E-state index in [-0.39, 0.29) is 11.9 Å². The van der Waals surface area contributed by atoms with Gasteiger partial charge >= 0.3 is 0 Å². The lowest BCUT2D eigenvalue weighted by Gasteiger charge is -2.28. The van der Waals surface area contributed by atoms with E-state index in [4.69, 9.17) is 4.74 Å². The summed E-state index contributed by atoms with van der Waals surface area (Å²) in [5.41, 5.74) is 2.35. The Bertz CT molecular complexity index is 449. The molecule has 1 atom stereocenters. The summed E-state index contributed by atoms with van der Waals surface area (Å²) in [5.74, 6) is -0.0134. The summed E-state index contributed by atoms with van der Waals surface area (Å²) in [7, 11) is 1.65. The number of nitrogens with one attached hydrogen (secondary N) is 1. The summed E-state index contributed by atoms with van der Waals surface area (Å²) in [5, 5.41) is 3.23. The van der Waals surface area contributed by atoms with Gasteiger partial charge in [0.05, 0.1) is 23.9 Å². The molecule has 1 unspecified atom stereocenters. The summed E-state index contributed by atoms with van der Waals surface area (Å²) < 4.78 is 5.14. The van der Waals surface area contributed by atoms with Crippen LogP contribution in [0.2, 0.25) is 0 Å². The number of hydrogen-bond acceptors (Lipinski definition) is 4. The third-order valence-corrected chi connectivity index (χ3v) is 3.18. The van der Waals surface area contributed by atoms with Crippen LogP contribution in [-0.2, 0) is 4.74 Å². The third-order valence-electron chi connectivity index (χ3n) is 3.18. The molecule has 0 aliphatic heterocycles. The molecule has 0 spiro atoms. The molecular weight excluding hydrogens is 254 g/mol. The van der Waals surface area contributed by atoms with Crippen LogP contribution in [-0.4, -0.2) is 48.6 Å². The maximum absolute atomic E-state index is 12.7. The minimum Gasteiger partial charge on any atom is -0.385 e. The lowest BCUT2D eigenvalue weighted by atomic mass is 10.1. The van der Waals surface area contributed by atoms with Crippen molar-refractivity contribution in [3.63, 3.8) is 0 Å². The molecule has 0 saturated heterocycles. The molecule has 5 nitrogen and oxygen atoms in total. The first-order valence-corrected chi connectivity index (χ1v) is 7.05. The van der Waals surface area contributed by atoms with Crippen molar-refractivity contribution in [3.8, 4) is 0 Å². The highest BCUT2D eigenvalue weighted by molar-refractivity contribution is 5.99. The number of aromatic nitrogens is 1. The molecule has 0 aliphatic rings.